The number of carboxylic acids is 1. The molecule has 1 saturated carbocycles. The topological polar surface area (TPSA) is 78.4 Å². The lowest BCUT2D eigenvalue weighted by molar-refractivity contribution is -0.142. The summed E-state index contributed by atoms with van der Waals surface area (Å²) in [4.78, 5) is 22.9. The smallest absolute Gasteiger partial charge is 0.314 e. The number of carboxylic acid groups (broad SMARTS) is 1. The van der Waals surface area contributed by atoms with Gasteiger partial charge < -0.3 is 15.7 Å². The lowest BCUT2D eigenvalue weighted by Gasteiger charge is -2.38. The van der Waals surface area contributed by atoms with E-state index >= 15 is 0 Å². The number of amides is 2. The summed E-state index contributed by atoms with van der Waals surface area (Å²) in [6.07, 6.45) is 4.07. The molecule has 0 spiro atoms. The molecule has 0 saturated heterocycles. The Morgan fingerprint density at radius 1 is 1.25 bits per heavy atom. The molecule has 0 aromatic heterocycles. The van der Waals surface area contributed by atoms with Crippen LogP contribution >= 0.6 is 0 Å². The van der Waals surface area contributed by atoms with Crippen molar-refractivity contribution in [2.75, 3.05) is 13.1 Å². The minimum Gasteiger partial charge on any atom is -0.481 e. The zero-order valence-electron chi connectivity index (χ0n) is 13.1. The van der Waals surface area contributed by atoms with Gasteiger partial charge in [-0.25, -0.2) is 4.79 Å². The molecule has 0 bridgehead atoms. The SMILES string of the molecule is CC(C)(C)CC(CNC(=O)NCC1(C)CCC1)C(=O)O. The van der Waals surface area contributed by atoms with E-state index in [1.54, 1.807) is 0 Å². The van der Waals surface area contributed by atoms with Gasteiger partial charge in [-0.2, -0.15) is 0 Å². The molecule has 2 amide bonds. The average molecular weight is 284 g/mol. The molecule has 0 aromatic rings. The van der Waals surface area contributed by atoms with Crippen molar-refractivity contribution in [2.24, 2.45) is 16.7 Å². The van der Waals surface area contributed by atoms with Crippen LogP contribution in [0.2, 0.25) is 0 Å². The van der Waals surface area contributed by atoms with Crippen molar-refractivity contribution in [1.29, 1.82) is 0 Å². The molecule has 1 aliphatic rings. The molecule has 5 heteroatoms. The Morgan fingerprint density at radius 3 is 2.25 bits per heavy atom. The predicted octanol–water partition coefficient (Wildman–Crippen LogP) is 2.61. The molecule has 0 radical (unpaired) electrons. The van der Waals surface area contributed by atoms with Gasteiger partial charge in [0.2, 0.25) is 0 Å². The molecule has 5 nitrogen and oxygen atoms in total. The van der Waals surface area contributed by atoms with E-state index in [-0.39, 0.29) is 23.4 Å². The van der Waals surface area contributed by atoms with E-state index in [2.05, 4.69) is 17.6 Å². The monoisotopic (exact) mass is 284 g/mol. The first-order chi connectivity index (χ1) is 9.11. The zero-order chi connectivity index (χ0) is 15.4. The Kier molecular flexibility index (Phi) is 5.42. The number of nitrogens with one attached hydrogen (secondary N) is 2. The van der Waals surface area contributed by atoms with Gasteiger partial charge in [-0.05, 0) is 30.1 Å². The van der Waals surface area contributed by atoms with Gasteiger partial charge in [-0.15, -0.1) is 0 Å². The van der Waals surface area contributed by atoms with Crippen molar-refractivity contribution < 1.29 is 14.7 Å². The second kappa shape index (κ2) is 6.46. The van der Waals surface area contributed by atoms with Crippen LogP contribution < -0.4 is 10.6 Å². The third kappa shape index (κ3) is 5.80. The van der Waals surface area contributed by atoms with Crippen LogP contribution in [0.25, 0.3) is 0 Å². The van der Waals surface area contributed by atoms with Crippen LogP contribution in [-0.2, 0) is 4.79 Å². The maximum atomic E-state index is 11.7. The van der Waals surface area contributed by atoms with E-state index in [1.807, 2.05) is 20.8 Å². The van der Waals surface area contributed by atoms with Gasteiger partial charge in [0.25, 0.3) is 0 Å². The predicted molar refractivity (Wildman–Crippen MR) is 78.6 cm³/mol. The number of urea groups is 1. The number of hydrogen-bond acceptors (Lipinski definition) is 2. The first-order valence-electron chi connectivity index (χ1n) is 7.36. The summed E-state index contributed by atoms with van der Waals surface area (Å²) >= 11 is 0. The number of aliphatic carboxylic acids is 1. The lowest BCUT2D eigenvalue weighted by atomic mass is 9.70. The highest BCUT2D eigenvalue weighted by molar-refractivity contribution is 5.75. The molecule has 0 aromatic carbocycles. The van der Waals surface area contributed by atoms with Gasteiger partial charge in [0.1, 0.15) is 0 Å². The third-order valence-electron chi connectivity index (χ3n) is 3.95. The summed E-state index contributed by atoms with van der Waals surface area (Å²) in [7, 11) is 0. The maximum Gasteiger partial charge on any atom is 0.314 e. The normalized spacial score (nSPS) is 18.8. The number of rotatable bonds is 6. The largest absolute Gasteiger partial charge is 0.481 e. The molecule has 0 aliphatic heterocycles. The van der Waals surface area contributed by atoms with Gasteiger partial charge in [0.15, 0.2) is 0 Å². The minimum atomic E-state index is -0.855. The van der Waals surface area contributed by atoms with Gasteiger partial charge in [0, 0.05) is 13.1 Å². The molecule has 116 valence electrons. The van der Waals surface area contributed by atoms with Crippen molar-refractivity contribution in [2.45, 2.75) is 53.4 Å². The van der Waals surface area contributed by atoms with Gasteiger partial charge in [-0.1, -0.05) is 34.1 Å². The van der Waals surface area contributed by atoms with Crippen LogP contribution in [0.15, 0.2) is 0 Å². The Hall–Kier alpha value is -1.26. The van der Waals surface area contributed by atoms with Crippen molar-refractivity contribution in [3.05, 3.63) is 0 Å². The summed E-state index contributed by atoms with van der Waals surface area (Å²) in [5.41, 5.74) is 0.162. The fraction of sp³-hybridized carbons (Fsp3) is 0.867. The Balaban J connectivity index is 2.31. The maximum absolute atomic E-state index is 11.7. The third-order valence-corrected chi connectivity index (χ3v) is 3.95. The van der Waals surface area contributed by atoms with Crippen molar-refractivity contribution in [3.8, 4) is 0 Å². The molecular formula is C15H28N2O3. The minimum absolute atomic E-state index is 0.0688. The zero-order valence-corrected chi connectivity index (χ0v) is 13.1. The number of hydrogen-bond donors (Lipinski definition) is 3. The fourth-order valence-electron chi connectivity index (χ4n) is 2.52. The van der Waals surface area contributed by atoms with Gasteiger partial charge in [0.05, 0.1) is 5.92 Å². The van der Waals surface area contributed by atoms with E-state index in [0.717, 1.165) is 12.8 Å². The first kappa shape index (κ1) is 16.8. The standard InChI is InChI=1S/C15H28N2O3/c1-14(2,3)8-11(12(18)19)9-16-13(20)17-10-15(4)6-5-7-15/h11H,5-10H2,1-4H3,(H,18,19)(H2,16,17,20). The molecule has 1 aliphatic carbocycles. The number of carbonyl (C=O) groups excluding carboxylic acids is 1. The van der Waals surface area contributed by atoms with Gasteiger partial charge >= 0.3 is 12.0 Å². The van der Waals surface area contributed by atoms with Crippen molar-refractivity contribution in [3.63, 3.8) is 0 Å². The molecule has 1 atom stereocenters. The lowest BCUT2D eigenvalue weighted by Crippen LogP contribution is -2.46. The van der Waals surface area contributed by atoms with Crippen LogP contribution in [0, 0.1) is 16.7 Å². The highest BCUT2D eigenvalue weighted by Crippen LogP contribution is 2.39. The summed E-state index contributed by atoms with van der Waals surface area (Å²) in [5.74, 6) is -1.40. The van der Waals surface area contributed by atoms with Crippen LogP contribution in [-0.4, -0.2) is 30.2 Å². The summed E-state index contributed by atoms with van der Waals surface area (Å²) < 4.78 is 0. The van der Waals surface area contributed by atoms with Crippen LogP contribution in [0.3, 0.4) is 0 Å². The highest BCUT2D eigenvalue weighted by atomic mass is 16.4. The van der Waals surface area contributed by atoms with E-state index in [0.29, 0.717) is 13.0 Å². The van der Waals surface area contributed by atoms with Crippen molar-refractivity contribution >= 4 is 12.0 Å². The van der Waals surface area contributed by atoms with Crippen LogP contribution in [0.4, 0.5) is 4.79 Å². The van der Waals surface area contributed by atoms with Gasteiger partial charge in [-0.3, -0.25) is 4.79 Å². The molecule has 1 unspecified atom stereocenters. The first-order valence-corrected chi connectivity index (χ1v) is 7.36. The molecule has 1 fully saturated rings. The molecule has 0 heterocycles. The van der Waals surface area contributed by atoms with E-state index in [9.17, 15) is 14.7 Å². The second-order valence-electron chi connectivity index (χ2n) is 7.53. The van der Waals surface area contributed by atoms with Crippen LogP contribution in [0.5, 0.6) is 0 Å². The molecule has 3 N–H and O–H groups in total. The van der Waals surface area contributed by atoms with E-state index < -0.39 is 11.9 Å². The van der Waals surface area contributed by atoms with E-state index in [4.69, 9.17) is 0 Å². The quantitative estimate of drug-likeness (QED) is 0.701. The highest BCUT2D eigenvalue weighted by Gasteiger charge is 2.32. The molecule has 20 heavy (non-hydrogen) atoms. The molecule has 1 rings (SSSR count). The summed E-state index contributed by atoms with van der Waals surface area (Å²) in [6, 6.07) is -0.265. The Morgan fingerprint density at radius 2 is 1.85 bits per heavy atom. The molecular weight excluding hydrogens is 256 g/mol. The Bertz CT molecular complexity index is 357. The van der Waals surface area contributed by atoms with Crippen molar-refractivity contribution in [1.82, 2.24) is 10.6 Å². The second-order valence-corrected chi connectivity index (χ2v) is 7.53. The van der Waals surface area contributed by atoms with E-state index in [1.165, 1.54) is 6.42 Å². The Labute approximate surface area is 121 Å². The summed E-state index contributed by atoms with van der Waals surface area (Å²) in [5, 5.41) is 14.7. The summed E-state index contributed by atoms with van der Waals surface area (Å²) in [6.45, 7) is 9.00. The number of carbonyl (C=O) groups is 2. The van der Waals surface area contributed by atoms with Crippen LogP contribution in [0.1, 0.15) is 53.4 Å². The fourth-order valence-corrected chi connectivity index (χ4v) is 2.52. The average Bonchev–Trinajstić information content (AvgIpc) is 2.27.